The van der Waals surface area contributed by atoms with Crippen LogP contribution in [0.5, 0.6) is 0 Å². The molecule has 0 saturated heterocycles. The van der Waals surface area contributed by atoms with Gasteiger partial charge in [-0.2, -0.15) is 5.26 Å². The molecule has 0 unspecified atom stereocenters. The van der Waals surface area contributed by atoms with E-state index in [9.17, 15) is 13.2 Å². The fraction of sp³-hybridized carbons (Fsp3) is 0.0667. The zero-order chi connectivity index (χ0) is 16.3. The molecule has 0 heterocycles. The van der Waals surface area contributed by atoms with Gasteiger partial charge in [0.05, 0.1) is 16.8 Å². The molecule has 6 nitrogen and oxygen atoms in total. The molecule has 0 aliphatic carbocycles. The summed E-state index contributed by atoms with van der Waals surface area (Å²) >= 11 is 0. The normalized spacial score (nSPS) is 10.7. The monoisotopic (exact) mass is 316 g/mol. The number of nitrogens with one attached hydrogen (secondary N) is 1. The molecule has 2 aromatic rings. The molecule has 0 spiro atoms. The van der Waals surface area contributed by atoms with Gasteiger partial charge in [-0.15, -0.1) is 0 Å². The van der Waals surface area contributed by atoms with Crippen LogP contribution < -0.4 is 4.72 Å². The van der Waals surface area contributed by atoms with E-state index in [0.717, 1.165) is 0 Å². The molecule has 2 rings (SSSR count). The number of benzene rings is 2. The third-order valence-corrected chi connectivity index (χ3v) is 4.45. The van der Waals surface area contributed by atoms with Crippen molar-refractivity contribution in [2.75, 3.05) is 4.72 Å². The summed E-state index contributed by atoms with van der Waals surface area (Å²) < 4.78 is 27.1. The minimum atomic E-state index is -3.99. The van der Waals surface area contributed by atoms with Gasteiger partial charge in [-0.05, 0) is 36.8 Å². The number of anilines is 1. The number of nitrogens with zero attached hydrogens (tertiary/aromatic N) is 1. The van der Waals surface area contributed by atoms with Gasteiger partial charge in [0.25, 0.3) is 10.0 Å². The Morgan fingerprint density at radius 3 is 2.55 bits per heavy atom. The maximum absolute atomic E-state index is 12.4. The molecule has 7 heteroatoms. The Balaban J connectivity index is 2.48. The lowest BCUT2D eigenvalue weighted by molar-refractivity contribution is 0.0697. The smallest absolute Gasteiger partial charge is 0.335 e. The highest BCUT2D eigenvalue weighted by Crippen LogP contribution is 2.23. The number of carbonyl (C=O) groups is 1. The van der Waals surface area contributed by atoms with Gasteiger partial charge < -0.3 is 5.11 Å². The van der Waals surface area contributed by atoms with Gasteiger partial charge in [-0.1, -0.05) is 18.2 Å². The average molecular weight is 316 g/mol. The number of nitriles is 1. The Kier molecular flexibility index (Phi) is 4.15. The van der Waals surface area contributed by atoms with Crippen LogP contribution in [0.15, 0.2) is 47.4 Å². The number of aromatic carboxylic acids is 1. The predicted molar refractivity (Wildman–Crippen MR) is 80.1 cm³/mol. The second-order valence-corrected chi connectivity index (χ2v) is 6.20. The Morgan fingerprint density at radius 1 is 1.23 bits per heavy atom. The Morgan fingerprint density at radius 2 is 1.91 bits per heavy atom. The van der Waals surface area contributed by atoms with Crippen molar-refractivity contribution in [3.63, 3.8) is 0 Å². The summed E-state index contributed by atoms with van der Waals surface area (Å²) in [6.45, 7) is 1.65. The Bertz CT molecular complexity index is 883. The van der Waals surface area contributed by atoms with E-state index in [1.807, 2.05) is 6.07 Å². The summed E-state index contributed by atoms with van der Waals surface area (Å²) in [6, 6.07) is 11.7. The fourth-order valence-corrected chi connectivity index (χ4v) is 3.14. The van der Waals surface area contributed by atoms with Crippen LogP contribution >= 0.6 is 0 Å². The van der Waals surface area contributed by atoms with Gasteiger partial charge in [0.15, 0.2) is 0 Å². The minimum absolute atomic E-state index is 0.0158. The highest BCUT2D eigenvalue weighted by atomic mass is 32.2. The van der Waals surface area contributed by atoms with Crippen molar-refractivity contribution in [3.05, 3.63) is 59.2 Å². The van der Waals surface area contributed by atoms with E-state index in [2.05, 4.69) is 4.72 Å². The van der Waals surface area contributed by atoms with Crippen molar-refractivity contribution < 1.29 is 18.3 Å². The van der Waals surface area contributed by atoms with Crippen molar-refractivity contribution in [1.82, 2.24) is 0 Å². The van der Waals surface area contributed by atoms with E-state index in [0.29, 0.717) is 5.56 Å². The molecule has 0 atom stereocenters. The summed E-state index contributed by atoms with van der Waals surface area (Å²) in [5.74, 6) is -1.15. The second kappa shape index (κ2) is 5.87. The maximum atomic E-state index is 12.4. The van der Waals surface area contributed by atoms with Gasteiger partial charge in [0.2, 0.25) is 0 Å². The quantitative estimate of drug-likeness (QED) is 0.900. The van der Waals surface area contributed by atoms with Gasteiger partial charge in [-0.3, -0.25) is 4.72 Å². The molecule has 0 radical (unpaired) electrons. The van der Waals surface area contributed by atoms with Crippen molar-refractivity contribution >= 4 is 21.7 Å². The number of hydrogen-bond donors (Lipinski definition) is 2. The number of aryl methyl sites for hydroxylation is 1. The first-order valence-electron chi connectivity index (χ1n) is 6.21. The number of sulfonamides is 1. The summed E-state index contributed by atoms with van der Waals surface area (Å²) in [7, 11) is -3.99. The van der Waals surface area contributed by atoms with Crippen LogP contribution in [0.1, 0.15) is 21.5 Å². The predicted octanol–water partition coefficient (Wildman–Crippen LogP) is 2.37. The maximum Gasteiger partial charge on any atom is 0.335 e. The summed E-state index contributed by atoms with van der Waals surface area (Å²) in [6.07, 6.45) is 0. The Hall–Kier alpha value is -2.85. The lowest BCUT2D eigenvalue weighted by Gasteiger charge is -2.12. The molecular weight excluding hydrogens is 304 g/mol. The van der Waals surface area contributed by atoms with Crippen LogP contribution in [0.2, 0.25) is 0 Å². The van der Waals surface area contributed by atoms with Crippen molar-refractivity contribution in [1.29, 1.82) is 5.26 Å². The van der Waals surface area contributed by atoms with Crippen molar-refractivity contribution in [2.24, 2.45) is 0 Å². The lowest BCUT2D eigenvalue weighted by Crippen LogP contribution is -2.15. The largest absolute Gasteiger partial charge is 0.478 e. The van der Waals surface area contributed by atoms with E-state index in [4.69, 9.17) is 10.4 Å². The van der Waals surface area contributed by atoms with E-state index < -0.39 is 16.0 Å². The zero-order valence-electron chi connectivity index (χ0n) is 11.6. The van der Waals surface area contributed by atoms with Crippen LogP contribution in [-0.2, 0) is 10.0 Å². The molecule has 0 aliphatic rings. The van der Waals surface area contributed by atoms with Crippen LogP contribution in [-0.4, -0.2) is 19.5 Å². The molecule has 0 saturated carbocycles. The van der Waals surface area contributed by atoms with Crippen LogP contribution in [0.4, 0.5) is 5.69 Å². The number of rotatable bonds is 4. The number of carboxylic acids is 1. The number of carboxylic acid groups (broad SMARTS) is 1. The number of hydrogen-bond acceptors (Lipinski definition) is 4. The van der Waals surface area contributed by atoms with E-state index in [1.165, 1.54) is 36.4 Å². The first-order valence-corrected chi connectivity index (χ1v) is 7.69. The third kappa shape index (κ3) is 3.07. The molecule has 0 fully saturated rings. The van der Waals surface area contributed by atoms with E-state index >= 15 is 0 Å². The minimum Gasteiger partial charge on any atom is -0.478 e. The molecule has 22 heavy (non-hydrogen) atoms. The van der Waals surface area contributed by atoms with Crippen molar-refractivity contribution in [2.45, 2.75) is 11.8 Å². The van der Waals surface area contributed by atoms with Gasteiger partial charge in [0.1, 0.15) is 11.0 Å². The first-order chi connectivity index (χ1) is 10.3. The molecule has 0 aromatic heterocycles. The molecule has 0 bridgehead atoms. The van der Waals surface area contributed by atoms with E-state index in [-0.39, 0.29) is 21.7 Å². The van der Waals surface area contributed by atoms with Crippen LogP contribution in [0.3, 0.4) is 0 Å². The molecule has 0 aliphatic heterocycles. The van der Waals surface area contributed by atoms with E-state index in [1.54, 1.807) is 13.0 Å². The highest BCUT2D eigenvalue weighted by Gasteiger charge is 2.19. The highest BCUT2D eigenvalue weighted by molar-refractivity contribution is 7.92. The topological polar surface area (TPSA) is 107 Å². The lowest BCUT2D eigenvalue weighted by atomic mass is 10.1. The zero-order valence-corrected chi connectivity index (χ0v) is 12.4. The molecule has 2 aromatic carbocycles. The third-order valence-electron chi connectivity index (χ3n) is 3.03. The molecule has 2 N–H and O–H groups in total. The van der Waals surface area contributed by atoms with Crippen molar-refractivity contribution in [3.8, 4) is 6.07 Å². The van der Waals surface area contributed by atoms with Gasteiger partial charge in [0, 0.05) is 0 Å². The average Bonchev–Trinajstić information content (AvgIpc) is 2.49. The van der Waals surface area contributed by atoms with Gasteiger partial charge >= 0.3 is 5.97 Å². The Labute approximate surface area is 127 Å². The summed E-state index contributed by atoms with van der Waals surface area (Å²) in [5.41, 5.74) is 0.717. The SMILES string of the molecule is Cc1ccc(C(=O)O)cc1NS(=O)(=O)c1ccccc1C#N. The fourth-order valence-electron chi connectivity index (χ4n) is 1.86. The molecular formula is C15H12N2O4S. The molecule has 112 valence electrons. The summed E-state index contributed by atoms with van der Waals surface area (Å²) in [4.78, 5) is 10.8. The standard InChI is InChI=1S/C15H12N2O4S/c1-10-6-7-11(15(18)19)8-13(10)17-22(20,21)14-5-3-2-4-12(14)9-16/h2-8,17H,1H3,(H,18,19). The van der Waals surface area contributed by atoms with Gasteiger partial charge in [-0.25, -0.2) is 13.2 Å². The summed E-state index contributed by atoms with van der Waals surface area (Å²) in [5, 5.41) is 18.0. The van der Waals surface area contributed by atoms with Crippen LogP contribution in [0.25, 0.3) is 0 Å². The van der Waals surface area contributed by atoms with Crippen LogP contribution in [0, 0.1) is 18.3 Å². The second-order valence-electron chi connectivity index (χ2n) is 4.55. The first kappa shape index (κ1) is 15.5. The molecule has 0 amide bonds.